The predicted octanol–water partition coefficient (Wildman–Crippen LogP) is 5.30. The average Bonchev–Trinajstić information content (AvgIpc) is 3.65. The molecule has 0 atom stereocenters. The molecule has 0 aliphatic heterocycles. The molecular weight excluding hydrogens is 768 g/mol. The zero-order chi connectivity index (χ0) is 38.3. The fourth-order valence-electron chi connectivity index (χ4n) is 4.94. The summed E-state index contributed by atoms with van der Waals surface area (Å²) in [6, 6.07) is 23.7. The molecule has 3 aromatic heterocycles. The minimum atomic E-state index is -4.02. The minimum Gasteiger partial charge on any atom is -0.274 e. The second-order valence-electron chi connectivity index (χ2n) is 11.4. The van der Waals surface area contributed by atoms with E-state index in [1.54, 1.807) is 61.3 Å². The molecule has 0 bridgehead atoms. The van der Waals surface area contributed by atoms with Gasteiger partial charge < -0.3 is 0 Å². The normalized spacial score (nSPS) is 11.3. The van der Waals surface area contributed by atoms with Gasteiger partial charge in [-0.05, 0) is 105 Å². The van der Waals surface area contributed by atoms with Gasteiger partial charge in [0, 0.05) is 16.2 Å². The highest BCUT2D eigenvalue weighted by Crippen LogP contribution is 2.18. The molecule has 3 heterocycles. The molecular formula is C35H30Cl2FN7O6S2. The van der Waals surface area contributed by atoms with E-state index in [4.69, 9.17) is 23.2 Å². The van der Waals surface area contributed by atoms with Gasteiger partial charge in [-0.1, -0.05) is 29.3 Å². The number of aryl methyl sites for hydroxylation is 2. The number of hydrogen-bond acceptors (Lipinski definition) is 9. The Hall–Kier alpha value is -5.42. The number of sulfonamides is 2. The van der Waals surface area contributed by atoms with Crippen molar-refractivity contribution in [2.75, 3.05) is 0 Å². The number of carbonyl (C=O) groups excluding carboxylic acids is 2. The van der Waals surface area contributed by atoms with Crippen LogP contribution in [-0.4, -0.2) is 53.2 Å². The molecule has 0 saturated heterocycles. The molecule has 13 nitrogen and oxygen atoms in total. The highest BCUT2D eigenvalue weighted by molar-refractivity contribution is 7.90. The number of nitrogens with one attached hydrogen (secondary N) is 2. The molecule has 6 rings (SSSR count). The molecule has 6 aromatic rings. The van der Waals surface area contributed by atoms with Gasteiger partial charge in [-0.2, -0.15) is 10.2 Å². The molecule has 0 radical (unpaired) electrons. The minimum absolute atomic E-state index is 0.0350. The standard InChI is InChI=1S/C18H15ClFN3O3S.C17H15ClN4O3S/c1-12-9-16(23(21-12)15-4-2-3-14(20)10-15)11-18(24)22-27(25,26)17-7-5-13(19)6-8-17;1-12-9-15(22(20-12)14-3-2-8-19-11-14)10-17(23)21-26(24,25)16-6-4-13(18)5-7-16/h2-10H,11H2,1H3,(H,22,24);2-9,11H,10H2,1H3,(H,21,23). The number of carbonyl (C=O) groups is 2. The largest absolute Gasteiger partial charge is 0.274 e. The summed E-state index contributed by atoms with van der Waals surface area (Å²) < 4.78 is 69.7. The number of halogens is 3. The fourth-order valence-corrected chi connectivity index (χ4v) is 7.16. The number of nitrogens with zero attached hydrogens (tertiary/aromatic N) is 5. The van der Waals surface area contributed by atoms with Crippen LogP contribution in [0.3, 0.4) is 0 Å². The lowest BCUT2D eigenvalue weighted by molar-refractivity contribution is -0.119. The molecule has 0 saturated carbocycles. The van der Waals surface area contributed by atoms with E-state index in [1.165, 1.54) is 71.4 Å². The molecule has 3 aromatic carbocycles. The van der Waals surface area contributed by atoms with Crippen molar-refractivity contribution in [3.05, 3.63) is 148 Å². The summed E-state index contributed by atoms with van der Waals surface area (Å²) in [4.78, 5) is 28.5. The van der Waals surface area contributed by atoms with Crippen LogP contribution in [0.1, 0.15) is 22.8 Å². The van der Waals surface area contributed by atoms with E-state index >= 15 is 0 Å². The molecule has 2 N–H and O–H groups in total. The monoisotopic (exact) mass is 797 g/mol. The van der Waals surface area contributed by atoms with Crippen LogP contribution < -0.4 is 9.44 Å². The predicted molar refractivity (Wildman–Crippen MR) is 195 cm³/mol. The molecule has 53 heavy (non-hydrogen) atoms. The first kappa shape index (κ1) is 38.8. The van der Waals surface area contributed by atoms with E-state index < -0.39 is 37.7 Å². The zero-order valence-corrected chi connectivity index (χ0v) is 31.1. The van der Waals surface area contributed by atoms with Gasteiger partial charge in [-0.25, -0.2) is 40.0 Å². The molecule has 18 heteroatoms. The van der Waals surface area contributed by atoms with Crippen molar-refractivity contribution in [1.29, 1.82) is 0 Å². The summed E-state index contributed by atoms with van der Waals surface area (Å²) in [5.41, 5.74) is 3.43. The maximum atomic E-state index is 13.5. The third kappa shape index (κ3) is 10.3. The van der Waals surface area contributed by atoms with Crippen molar-refractivity contribution in [2.24, 2.45) is 0 Å². The Morgan fingerprint density at radius 1 is 0.660 bits per heavy atom. The first-order chi connectivity index (χ1) is 25.1. The number of rotatable bonds is 10. The molecule has 0 aliphatic rings. The van der Waals surface area contributed by atoms with Crippen LogP contribution >= 0.6 is 23.2 Å². The summed E-state index contributed by atoms with van der Waals surface area (Å²) >= 11 is 11.5. The van der Waals surface area contributed by atoms with Crippen LogP contribution in [0.25, 0.3) is 11.4 Å². The van der Waals surface area contributed by atoms with Gasteiger partial charge in [-0.3, -0.25) is 14.6 Å². The maximum absolute atomic E-state index is 13.5. The molecule has 274 valence electrons. The Labute approximate surface area is 314 Å². The van der Waals surface area contributed by atoms with Crippen LogP contribution in [0.5, 0.6) is 0 Å². The number of aromatic nitrogens is 5. The van der Waals surface area contributed by atoms with Crippen LogP contribution in [-0.2, 0) is 42.5 Å². The van der Waals surface area contributed by atoms with E-state index in [1.807, 2.05) is 4.72 Å². The molecule has 0 unspecified atom stereocenters. The van der Waals surface area contributed by atoms with E-state index in [9.17, 15) is 30.8 Å². The Morgan fingerprint density at radius 3 is 1.55 bits per heavy atom. The lowest BCUT2D eigenvalue weighted by Crippen LogP contribution is -2.32. The summed E-state index contributed by atoms with van der Waals surface area (Å²) in [6.45, 7) is 3.51. The summed E-state index contributed by atoms with van der Waals surface area (Å²) in [7, 11) is -7.99. The van der Waals surface area contributed by atoms with Gasteiger partial charge >= 0.3 is 0 Å². The Kier molecular flexibility index (Phi) is 12.1. The van der Waals surface area contributed by atoms with Gasteiger partial charge in [0.1, 0.15) is 5.82 Å². The summed E-state index contributed by atoms with van der Waals surface area (Å²) in [5.74, 6) is -1.84. The Morgan fingerprint density at radius 2 is 1.11 bits per heavy atom. The van der Waals surface area contributed by atoms with E-state index in [-0.39, 0.29) is 22.6 Å². The number of pyridine rings is 1. The molecule has 0 fully saturated rings. The van der Waals surface area contributed by atoms with Gasteiger partial charge in [0.25, 0.3) is 20.0 Å². The highest BCUT2D eigenvalue weighted by atomic mass is 35.5. The van der Waals surface area contributed by atoms with Gasteiger partial charge in [-0.15, -0.1) is 0 Å². The Bertz CT molecular complexity index is 2480. The first-order valence-corrected chi connectivity index (χ1v) is 19.2. The van der Waals surface area contributed by atoms with Crippen LogP contribution in [0.4, 0.5) is 4.39 Å². The topological polar surface area (TPSA) is 175 Å². The average molecular weight is 799 g/mol. The summed E-state index contributed by atoms with van der Waals surface area (Å²) in [6.07, 6.45) is 2.84. The SMILES string of the molecule is Cc1cc(CC(=O)NS(=O)(=O)c2ccc(Cl)cc2)n(-c2cccc(F)c2)n1.Cc1cc(CC(=O)NS(=O)(=O)c2ccc(Cl)cc2)n(-c2cccnc2)n1. The van der Waals surface area contributed by atoms with Gasteiger partial charge in [0.2, 0.25) is 11.8 Å². The third-order valence-corrected chi connectivity index (χ3v) is 10.5. The smallest absolute Gasteiger partial charge is 0.264 e. The lowest BCUT2D eigenvalue weighted by Gasteiger charge is -2.09. The molecule has 2 amide bonds. The van der Waals surface area contributed by atoms with Crippen molar-refractivity contribution < 1.29 is 30.8 Å². The van der Waals surface area contributed by atoms with Crippen LogP contribution in [0, 0.1) is 19.7 Å². The van der Waals surface area contributed by atoms with E-state index in [0.717, 1.165) is 0 Å². The maximum Gasteiger partial charge on any atom is 0.264 e. The number of hydrogen-bond donors (Lipinski definition) is 2. The molecule has 0 spiro atoms. The van der Waals surface area contributed by atoms with E-state index in [0.29, 0.717) is 44.2 Å². The first-order valence-electron chi connectivity index (χ1n) is 15.5. The quantitative estimate of drug-likeness (QED) is 0.187. The van der Waals surface area contributed by atoms with Gasteiger partial charge in [0.05, 0.1) is 63.0 Å². The van der Waals surface area contributed by atoms with Crippen molar-refractivity contribution in [3.8, 4) is 11.4 Å². The van der Waals surface area contributed by atoms with Crippen molar-refractivity contribution >= 4 is 55.1 Å². The number of amides is 2. The molecule has 0 aliphatic carbocycles. The lowest BCUT2D eigenvalue weighted by atomic mass is 10.2. The third-order valence-electron chi connectivity index (χ3n) is 7.18. The summed E-state index contributed by atoms with van der Waals surface area (Å²) in [5, 5.41) is 9.37. The second kappa shape index (κ2) is 16.5. The number of benzene rings is 3. The highest BCUT2D eigenvalue weighted by Gasteiger charge is 2.21. The second-order valence-corrected chi connectivity index (χ2v) is 15.6. The van der Waals surface area contributed by atoms with Crippen molar-refractivity contribution in [1.82, 2.24) is 34.0 Å². The Balaban J connectivity index is 0.000000204. The van der Waals surface area contributed by atoms with Crippen molar-refractivity contribution in [3.63, 3.8) is 0 Å². The zero-order valence-electron chi connectivity index (χ0n) is 27.9. The van der Waals surface area contributed by atoms with Crippen molar-refractivity contribution in [2.45, 2.75) is 36.5 Å². The van der Waals surface area contributed by atoms with Crippen LogP contribution in [0.2, 0.25) is 10.0 Å². The fraction of sp³-hybridized carbons (Fsp3) is 0.114. The van der Waals surface area contributed by atoms with Crippen LogP contribution in [0.15, 0.2) is 119 Å². The van der Waals surface area contributed by atoms with Gasteiger partial charge in [0.15, 0.2) is 0 Å². The van der Waals surface area contributed by atoms with E-state index in [2.05, 4.69) is 19.9 Å².